The molecule has 0 spiro atoms. The van der Waals surface area contributed by atoms with Crippen molar-refractivity contribution in [3.05, 3.63) is 34.7 Å². The number of rotatable bonds is 1. The summed E-state index contributed by atoms with van der Waals surface area (Å²) in [6.07, 6.45) is 6.01. The fraction of sp³-hybridized carbons (Fsp3) is 0.417. The molecule has 0 N–H and O–H groups in total. The van der Waals surface area contributed by atoms with Crippen LogP contribution >= 0.6 is 0 Å². The van der Waals surface area contributed by atoms with Crippen LogP contribution in [0.15, 0.2) is 17.7 Å². The van der Waals surface area contributed by atoms with Crippen molar-refractivity contribution in [2.45, 2.75) is 32.1 Å². The van der Waals surface area contributed by atoms with Crippen molar-refractivity contribution in [1.29, 1.82) is 0 Å². The highest BCUT2D eigenvalue weighted by Gasteiger charge is 2.25. The molecular formula is C12H13N. The largest absolute Gasteiger partial charge is 0.253 e. The van der Waals surface area contributed by atoms with E-state index in [1.165, 1.54) is 35.4 Å². The van der Waals surface area contributed by atoms with Gasteiger partial charge in [-0.15, -0.1) is 0 Å². The first-order valence-corrected chi connectivity index (χ1v) is 5.00. The van der Waals surface area contributed by atoms with E-state index < -0.39 is 0 Å². The van der Waals surface area contributed by atoms with E-state index in [9.17, 15) is 0 Å². The lowest BCUT2D eigenvalue weighted by Crippen LogP contribution is -1.91. The summed E-state index contributed by atoms with van der Waals surface area (Å²) in [4.78, 5) is 4.69. The molecule has 13 heavy (non-hydrogen) atoms. The van der Waals surface area contributed by atoms with Gasteiger partial charge in [-0.2, -0.15) is 0 Å². The standard InChI is InChI=1S/C12H13N/c1-8-6-10-4-5-11(9-2-3-9)13-12(10)7-8/h4-5,7,9H,2-3,6H2,1H3. The van der Waals surface area contributed by atoms with E-state index >= 15 is 0 Å². The fourth-order valence-electron chi connectivity index (χ4n) is 1.99. The minimum absolute atomic E-state index is 0.777. The second kappa shape index (κ2) is 2.44. The molecule has 0 aliphatic heterocycles. The number of fused-ring (bicyclic) bond motifs is 1. The number of pyridine rings is 1. The van der Waals surface area contributed by atoms with Crippen molar-refractivity contribution < 1.29 is 0 Å². The molecule has 0 amide bonds. The lowest BCUT2D eigenvalue weighted by molar-refractivity contribution is 1.00. The summed E-state index contributed by atoms with van der Waals surface area (Å²) in [5.41, 5.74) is 5.38. The predicted octanol–water partition coefficient (Wildman–Crippen LogP) is 2.92. The molecule has 1 aromatic heterocycles. The van der Waals surface area contributed by atoms with E-state index in [0.29, 0.717) is 0 Å². The Balaban J connectivity index is 2.05. The summed E-state index contributed by atoms with van der Waals surface area (Å²) >= 11 is 0. The first-order valence-electron chi connectivity index (χ1n) is 5.00. The summed E-state index contributed by atoms with van der Waals surface area (Å²) in [5.74, 6) is 0.777. The van der Waals surface area contributed by atoms with E-state index in [1.807, 2.05) is 0 Å². The molecule has 1 fully saturated rings. The Labute approximate surface area is 78.5 Å². The molecule has 0 aromatic carbocycles. The first kappa shape index (κ1) is 7.31. The van der Waals surface area contributed by atoms with Gasteiger partial charge in [-0.1, -0.05) is 11.6 Å². The molecule has 1 nitrogen and oxygen atoms in total. The van der Waals surface area contributed by atoms with Crippen molar-refractivity contribution in [3.63, 3.8) is 0 Å². The van der Waals surface area contributed by atoms with Gasteiger partial charge in [0, 0.05) is 11.6 Å². The van der Waals surface area contributed by atoms with Crippen molar-refractivity contribution in [1.82, 2.24) is 4.98 Å². The monoisotopic (exact) mass is 171 g/mol. The molecule has 3 rings (SSSR count). The van der Waals surface area contributed by atoms with Crippen molar-refractivity contribution in [2.75, 3.05) is 0 Å². The molecule has 0 saturated heterocycles. The van der Waals surface area contributed by atoms with Crippen LogP contribution in [0.1, 0.15) is 42.6 Å². The van der Waals surface area contributed by atoms with Crippen molar-refractivity contribution in [3.8, 4) is 0 Å². The predicted molar refractivity (Wildman–Crippen MR) is 53.6 cm³/mol. The molecule has 1 aromatic rings. The molecule has 1 saturated carbocycles. The average molecular weight is 171 g/mol. The maximum atomic E-state index is 4.69. The second-order valence-corrected chi connectivity index (χ2v) is 4.22. The lowest BCUT2D eigenvalue weighted by Gasteiger charge is -2.01. The Morgan fingerprint density at radius 2 is 2.15 bits per heavy atom. The summed E-state index contributed by atoms with van der Waals surface area (Å²) in [6.45, 7) is 2.18. The van der Waals surface area contributed by atoms with Gasteiger partial charge in [0.2, 0.25) is 0 Å². The van der Waals surface area contributed by atoms with E-state index in [2.05, 4.69) is 30.1 Å². The third-order valence-corrected chi connectivity index (χ3v) is 2.88. The van der Waals surface area contributed by atoms with Gasteiger partial charge < -0.3 is 0 Å². The molecule has 1 heterocycles. The molecule has 2 aliphatic rings. The highest BCUT2D eigenvalue weighted by molar-refractivity contribution is 5.60. The summed E-state index contributed by atoms with van der Waals surface area (Å²) in [7, 11) is 0. The van der Waals surface area contributed by atoms with Gasteiger partial charge in [0.05, 0.1) is 5.69 Å². The lowest BCUT2D eigenvalue weighted by atomic mass is 10.1. The van der Waals surface area contributed by atoms with E-state index in [1.54, 1.807) is 0 Å². The van der Waals surface area contributed by atoms with E-state index in [4.69, 9.17) is 0 Å². The zero-order valence-corrected chi connectivity index (χ0v) is 7.88. The van der Waals surface area contributed by atoms with Crippen LogP contribution in [0.4, 0.5) is 0 Å². The highest BCUT2D eigenvalue weighted by atomic mass is 14.7. The Hall–Kier alpha value is -1.11. The van der Waals surface area contributed by atoms with Gasteiger partial charge in [0.15, 0.2) is 0 Å². The average Bonchev–Trinajstić information content (AvgIpc) is 2.87. The van der Waals surface area contributed by atoms with E-state index in [0.717, 1.165) is 12.3 Å². The third kappa shape index (κ3) is 1.19. The smallest absolute Gasteiger partial charge is 0.0667 e. The number of allylic oxidation sites excluding steroid dienone is 1. The first-order chi connectivity index (χ1) is 6.33. The Bertz CT molecular complexity index is 386. The van der Waals surface area contributed by atoms with Gasteiger partial charge in [-0.05, 0) is 43.9 Å². The molecule has 1 heteroatoms. The minimum atomic E-state index is 0.777. The fourth-order valence-corrected chi connectivity index (χ4v) is 1.99. The zero-order chi connectivity index (χ0) is 8.84. The normalized spacial score (nSPS) is 19.9. The van der Waals surface area contributed by atoms with Crippen molar-refractivity contribution >= 4 is 6.08 Å². The highest BCUT2D eigenvalue weighted by Crippen LogP contribution is 2.39. The minimum Gasteiger partial charge on any atom is -0.253 e. The van der Waals surface area contributed by atoms with Crippen LogP contribution in [0.5, 0.6) is 0 Å². The molecule has 0 bridgehead atoms. The Morgan fingerprint density at radius 1 is 1.31 bits per heavy atom. The molecule has 0 unspecified atom stereocenters. The summed E-state index contributed by atoms with van der Waals surface area (Å²) < 4.78 is 0. The molecule has 2 aliphatic carbocycles. The maximum Gasteiger partial charge on any atom is 0.0667 e. The van der Waals surface area contributed by atoms with Crippen LogP contribution in [0.2, 0.25) is 0 Å². The van der Waals surface area contributed by atoms with Gasteiger partial charge >= 0.3 is 0 Å². The van der Waals surface area contributed by atoms with Crippen LogP contribution in [0.3, 0.4) is 0 Å². The second-order valence-electron chi connectivity index (χ2n) is 4.22. The summed E-state index contributed by atoms with van der Waals surface area (Å²) in [6, 6.07) is 4.46. The Morgan fingerprint density at radius 3 is 2.92 bits per heavy atom. The third-order valence-electron chi connectivity index (χ3n) is 2.88. The van der Waals surface area contributed by atoms with Crippen molar-refractivity contribution in [2.24, 2.45) is 0 Å². The number of aromatic nitrogens is 1. The van der Waals surface area contributed by atoms with Crippen LogP contribution < -0.4 is 0 Å². The van der Waals surface area contributed by atoms with Crippen LogP contribution in [0.25, 0.3) is 6.08 Å². The van der Waals surface area contributed by atoms with Gasteiger partial charge in [-0.3, -0.25) is 4.98 Å². The van der Waals surface area contributed by atoms with Crippen LogP contribution in [0, 0.1) is 0 Å². The number of hydrogen-bond donors (Lipinski definition) is 0. The maximum absolute atomic E-state index is 4.69. The van der Waals surface area contributed by atoms with Crippen LogP contribution in [-0.4, -0.2) is 4.98 Å². The quantitative estimate of drug-likeness (QED) is 0.633. The topological polar surface area (TPSA) is 12.9 Å². The van der Waals surface area contributed by atoms with Gasteiger partial charge in [0.1, 0.15) is 0 Å². The number of nitrogens with zero attached hydrogens (tertiary/aromatic N) is 1. The molecule has 0 atom stereocenters. The van der Waals surface area contributed by atoms with Crippen LogP contribution in [-0.2, 0) is 6.42 Å². The molecule has 66 valence electrons. The molecular weight excluding hydrogens is 158 g/mol. The zero-order valence-electron chi connectivity index (χ0n) is 7.88. The SMILES string of the molecule is CC1=Cc2nc(C3CC3)ccc2C1. The van der Waals surface area contributed by atoms with E-state index in [-0.39, 0.29) is 0 Å². The van der Waals surface area contributed by atoms with Gasteiger partial charge in [0.25, 0.3) is 0 Å². The Kier molecular flexibility index (Phi) is 1.37. The molecule has 0 radical (unpaired) electrons. The van der Waals surface area contributed by atoms with Gasteiger partial charge in [-0.25, -0.2) is 0 Å². The number of hydrogen-bond acceptors (Lipinski definition) is 1. The summed E-state index contributed by atoms with van der Waals surface area (Å²) in [5, 5.41) is 0.